The van der Waals surface area contributed by atoms with E-state index < -0.39 is 5.97 Å². The predicted octanol–water partition coefficient (Wildman–Crippen LogP) is 3.88. The fourth-order valence-electron chi connectivity index (χ4n) is 2.05. The second-order valence-electron chi connectivity index (χ2n) is 5.04. The molecule has 0 amide bonds. The molecule has 4 nitrogen and oxygen atoms in total. The first kappa shape index (κ1) is 19.0. The summed E-state index contributed by atoms with van der Waals surface area (Å²) >= 11 is 0. The van der Waals surface area contributed by atoms with Crippen LogP contribution in [-0.2, 0) is 9.53 Å². The molecule has 0 rings (SSSR count). The summed E-state index contributed by atoms with van der Waals surface area (Å²) in [5.41, 5.74) is 0. The minimum atomic E-state index is -0.465. The highest BCUT2D eigenvalue weighted by atomic mass is 16.5. The van der Waals surface area contributed by atoms with Crippen LogP contribution in [0.2, 0.25) is 0 Å². The molecule has 0 atom stereocenters. The standard InChI is InChI=1S/C16H30O4/c1-2-20-16(19)14-15(18)12-10-8-6-4-3-5-7-9-11-13-17/h14,17-18H,2-13H2,1H3. The van der Waals surface area contributed by atoms with Gasteiger partial charge in [-0.1, -0.05) is 44.9 Å². The first-order valence-corrected chi connectivity index (χ1v) is 7.87. The maximum atomic E-state index is 11.1. The molecule has 0 aliphatic rings. The first-order valence-electron chi connectivity index (χ1n) is 7.87. The minimum absolute atomic E-state index is 0.118. The molecule has 0 bridgehead atoms. The van der Waals surface area contributed by atoms with E-state index in [0.29, 0.717) is 19.6 Å². The minimum Gasteiger partial charge on any atom is -0.512 e. The lowest BCUT2D eigenvalue weighted by Crippen LogP contribution is -2.01. The van der Waals surface area contributed by atoms with Crippen molar-refractivity contribution in [1.29, 1.82) is 0 Å². The molecule has 118 valence electrons. The van der Waals surface area contributed by atoms with Gasteiger partial charge in [0.1, 0.15) is 0 Å². The lowest BCUT2D eigenvalue weighted by atomic mass is 10.1. The Morgan fingerprint density at radius 2 is 1.45 bits per heavy atom. The fraction of sp³-hybridized carbons (Fsp3) is 0.812. The van der Waals surface area contributed by atoms with Gasteiger partial charge in [-0.15, -0.1) is 0 Å². The Balaban J connectivity index is 3.33. The van der Waals surface area contributed by atoms with E-state index >= 15 is 0 Å². The maximum absolute atomic E-state index is 11.1. The molecule has 0 unspecified atom stereocenters. The molecule has 0 aromatic rings. The van der Waals surface area contributed by atoms with Crippen molar-refractivity contribution in [2.45, 2.75) is 71.1 Å². The molecule has 0 saturated carbocycles. The molecule has 0 aromatic carbocycles. The summed E-state index contributed by atoms with van der Waals surface area (Å²) in [5.74, 6) is -0.347. The van der Waals surface area contributed by atoms with Crippen LogP contribution in [0.3, 0.4) is 0 Å². The third-order valence-corrected chi connectivity index (χ3v) is 3.16. The number of unbranched alkanes of at least 4 members (excludes halogenated alkanes) is 8. The molecule has 0 aromatic heterocycles. The van der Waals surface area contributed by atoms with Crippen molar-refractivity contribution in [2.24, 2.45) is 0 Å². The first-order chi connectivity index (χ1) is 9.70. The normalized spacial score (nSPS) is 11.6. The van der Waals surface area contributed by atoms with E-state index in [-0.39, 0.29) is 5.76 Å². The van der Waals surface area contributed by atoms with E-state index in [9.17, 15) is 9.90 Å². The summed E-state index contributed by atoms with van der Waals surface area (Å²) in [6.45, 7) is 2.39. The third-order valence-electron chi connectivity index (χ3n) is 3.16. The summed E-state index contributed by atoms with van der Waals surface area (Å²) in [6.07, 6.45) is 11.9. The average Bonchev–Trinajstić information content (AvgIpc) is 2.41. The summed E-state index contributed by atoms with van der Waals surface area (Å²) < 4.78 is 4.72. The summed E-state index contributed by atoms with van der Waals surface area (Å²) in [6, 6.07) is 0. The van der Waals surface area contributed by atoms with Crippen molar-refractivity contribution >= 4 is 5.97 Å². The molecule has 0 fully saturated rings. The van der Waals surface area contributed by atoms with Gasteiger partial charge >= 0.3 is 5.97 Å². The molecule has 4 heteroatoms. The second kappa shape index (κ2) is 14.4. The zero-order valence-electron chi connectivity index (χ0n) is 12.8. The summed E-state index contributed by atoms with van der Waals surface area (Å²) in [5, 5.41) is 18.2. The predicted molar refractivity (Wildman–Crippen MR) is 80.6 cm³/mol. The number of carbonyl (C=O) groups is 1. The van der Waals surface area contributed by atoms with Crippen LogP contribution in [0.4, 0.5) is 0 Å². The van der Waals surface area contributed by atoms with Gasteiger partial charge in [0.2, 0.25) is 0 Å². The molecular formula is C16H30O4. The number of esters is 1. The highest BCUT2D eigenvalue weighted by molar-refractivity contribution is 5.82. The van der Waals surface area contributed by atoms with Crippen molar-refractivity contribution in [3.8, 4) is 0 Å². The van der Waals surface area contributed by atoms with Gasteiger partial charge in [-0.05, 0) is 19.8 Å². The Hall–Kier alpha value is -1.03. The average molecular weight is 286 g/mol. The van der Waals surface area contributed by atoms with Crippen molar-refractivity contribution < 1.29 is 19.7 Å². The largest absolute Gasteiger partial charge is 0.512 e. The van der Waals surface area contributed by atoms with Crippen LogP contribution in [0.5, 0.6) is 0 Å². The number of rotatable bonds is 13. The summed E-state index contributed by atoms with van der Waals surface area (Å²) in [7, 11) is 0. The highest BCUT2D eigenvalue weighted by Crippen LogP contribution is 2.12. The van der Waals surface area contributed by atoms with Gasteiger partial charge < -0.3 is 14.9 Å². The van der Waals surface area contributed by atoms with Crippen LogP contribution in [0.15, 0.2) is 11.8 Å². The Morgan fingerprint density at radius 1 is 0.950 bits per heavy atom. The smallest absolute Gasteiger partial charge is 0.334 e. The van der Waals surface area contributed by atoms with Crippen LogP contribution >= 0.6 is 0 Å². The number of hydrogen-bond donors (Lipinski definition) is 2. The van der Waals surface area contributed by atoms with Gasteiger partial charge in [0.25, 0.3) is 0 Å². The van der Waals surface area contributed by atoms with Crippen molar-refractivity contribution in [2.75, 3.05) is 13.2 Å². The Labute approximate surface area is 122 Å². The second-order valence-corrected chi connectivity index (χ2v) is 5.04. The fourth-order valence-corrected chi connectivity index (χ4v) is 2.05. The van der Waals surface area contributed by atoms with Crippen molar-refractivity contribution in [3.05, 3.63) is 11.8 Å². The van der Waals surface area contributed by atoms with Crippen molar-refractivity contribution in [1.82, 2.24) is 0 Å². The Kier molecular flexibility index (Phi) is 13.6. The molecule has 20 heavy (non-hydrogen) atoms. The molecule has 2 N–H and O–H groups in total. The van der Waals surface area contributed by atoms with Gasteiger partial charge in [0.15, 0.2) is 0 Å². The monoisotopic (exact) mass is 286 g/mol. The summed E-state index contributed by atoms with van der Waals surface area (Å²) in [4.78, 5) is 11.1. The van der Waals surface area contributed by atoms with Gasteiger partial charge in [-0.3, -0.25) is 0 Å². The molecular weight excluding hydrogens is 256 g/mol. The van der Waals surface area contributed by atoms with E-state index in [0.717, 1.165) is 25.7 Å². The quantitative estimate of drug-likeness (QED) is 0.233. The molecule has 0 spiro atoms. The van der Waals surface area contributed by atoms with Gasteiger partial charge in [-0.2, -0.15) is 0 Å². The molecule has 0 aliphatic heterocycles. The van der Waals surface area contributed by atoms with Crippen LogP contribution in [0.25, 0.3) is 0 Å². The van der Waals surface area contributed by atoms with E-state index in [4.69, 9.17) is 9.84 Å². The van der Waals surface area contributed by atoms with Crippen LogP contribution in [0, 0.1) is 0 Å². The van der Waals surface area contributed by atoms with Crippen molar-refractivity contribution in [3.63, 3.8) is 0 Å². The van der Waals surface area contributed by atoms with E-state index in [2.05, 4.69) is 0 Å². The van der Waals surface area contributed by atoms with Crippen LogP contribution in [0.1, 0.15) is 71.1 Å². The number of aliphatic hydroxyl groups excluding tert-OH is 2. The number of hydrogen-bond acceptors (Lipinski definition) is 4. The Bertz CT molecular complexity index is 261. The van der Waals surface area contributed by atoms with Crippen LogP contribution < -0.4 is 0 Å². The molecule has 0 heterocycles. The van der Waals surface area contributed by atoms with Gasteiger partial charge in [-0.25, -0.2) is 4.79 Å². The number of carbonyl (C=O) groups excluding carboxylic acids is 1. The SMILES string of the molecule is CCOC(=O)C=C(O)CCCCCCCCCCCO. The van der Waals surface area contributed by atoms with E-state index in [1.54, 1.807) is 6.92 Å². The molecule has 0 saturated heterocycles. The Morgan fingerprint density at radius 3 is 1.95 bits per heavy atom. The molecule has 0 radical (unpaired) electrons. The lowest BCUT2D eigenvalue weighted by molar-refractivity contribution is -0.137. The number of ether oxygens (including phenoxy) is 1. The number of aliphatic hydroxyl groups is 2. The zero-order valence-corrected chi connectivity index (χ0v) is 12.8. The third kappa shape index (κ3) is 13.4. The maximum Gasteiger partial charge on any atom is 0.334 e. The number of allylic oxidation sites excluding steroid dienone is 1. The van der Waals surface area contributed by atoms with Crippen LogP contribution in [-0.4, -0.2) is 29.4 Å². The lowest BCUT2D eigenvalue weighted by Gasteiger charge is -2.03. The van der Waals surface area contributed by atoms with E-state index in [1.165, 1.54) is 38.2 Å². The van der Waals surface area contributed by atoms with Gasteiger partial charge in [0, 0.05) is 13.0 Å². The highest BCUT2D eigenvalue weighted by Gasteiger charge is 2.00. The van der Waals surface area contributed by atoms with Gasteiger partial charge in [0.05, 0.1) is 18.4 Å². The zero-order chi connectivity index (χ0) is 15.1. The van der Waals surface area contributed by atoms with E-state index in [1.807, 2.05) is 0 Å². The topological polar surface area (TPSA) is 66.8 Å². The molecule has 0 aliphatic carbocycles.